The van der Waals surface area contributed by atoms with Crippen molar-refractivity contribution in [3.05, 3.63) is 64.9 Å². The molecule has 0 bridgehead atoms. The molecule has 4 rings (SSSR count). The lowest BCUT2D eigenvalue weighted by Crippen LogP contribution is -2.31. The van der Waals surface area contributed by atoms with Crippen LogP contribution in [0.4, 0.5) is 0 Å². The van der Waals surface area contributed by atoms with Crippen LogP contribution in [0.3, 0.4) is 0 Å². The molecule has 3 aromatic rings. The molecule has 2 amide bonds. The molecular formula is C21H21N5O3. The number of benzene rings is 1. The van der Waals surface area contributed by atoms with Crippen LogP contribution < -0.4 is 5.32 Å². The average Bonchev–Trinajstić information content (AvgIpc) is 3.26. The second-order valence-electron chi connectivity index (χ2n) is 7.18. The van der Waals surface area contributed by atoms with Crippen LogP contribution in [0.1, 0.15) is 45.6 Å². The number of hydrogen-bond acceptors (Lipinski definition) is 6. The quantitative estimate of drug-likeness (QED) is 0.717. The Morgan fingerprint density at radius 1 is 1.24 bits per heavy atom. The summed E-state index contributed by atoms with van der Waals surface area (Å²) in [5.41, 5.74) is 3.62. The molecule has 8 nitrogen and oxygen atoms in total. The first-order chi connectivity index (χ1) is 13.9. The first-order valence-electron chi connectivity index (χ1n) is 9.32. The highest BCUT2D eigenvalue weighted by molar-refractivity contribution is 5.99. The summed E-state index contributed by atoms with van der Waals surface area (Å²) in [6, 6.07) is 8.83. The van der Waals surface area contributed by atoms with E-state index in [1.165, 1.54) is 0 Å². The first-order valence-corrected chi connectivity index (χ1v) is 9.32. The third-order valence-electron chi connectivity index (χ3n) is 4.96. The molecule has 0 aliphatic carbocycles. The molecule has 0 radical (unpaired) electrons. The molecule has 0 saturated carbocycles. The van der Waals surface area contributed by atoms with Crippen LogP contribution in [0.5, 0.6) is 0 Å². The maximum atomic E-state index is 12.9. The molecule has 0 unspecified atom stereocenters. The van der Waals surface area contributed by atoms with Crippen LogP contribution in [-0.4, -0.2) is 38.9 Å². The number of nitrogens with zero attached hydrogens (tertiary/aromatic N) is 4. The smallest absolute Gasteiger partial charge is 0.252 e. The molecule has 8 heteroatoms. The van der Waals surface area contributed by atoms with Crippen molar-refractivity contribution in [2.75, 3.05) is 7.05 Å². The number of aromatic nitrogens is 3. The highest BCUT2D eigenvalue weighted by Crippen LogP contribution is 2.28. The Balaban J connectivity index is 1.51. The van der Waals surface area contributed by atoms with Gasteiger partial charge in [0.25, 0.3) is 5.91 Å². The summed E-state index contributed by atoms with van der Waals surface area (Å²) in [6.45, 7) is 3.93. The number of hydrogen-bond donors (Lipinski definition) is 1. The molecule has 0 fully saturated rings. The molecule has 1 atom stereocenters. The van der Waals surface area contributed by atoms with E-state index < -0.39 is 0 Å². The third-order valence-corrected chi connectivity index (χ3v) is 4.96. The predicted molar refractivity (Wildman–Crippen MR) is 105 cm³/mol. The molecule has 1 aliphatic rings. The van der Waals surface area contributed by atoms with Crippen molar-refractivity contribution in [1.29, 1.82) is 0 Å². The third kappa shape index (κ3) is 3.73. The molecule has 148 valence electrons. The molecule has 0 saturated heterocycles. The van der Waals surface area contributed by atoms with Crippen LogP contribution in [0.2, 0.25) is 0 Å². The van der Waals surface area contributed by atoms with Crippen molar-refractivity contribution >= 4 is 11.8 Å². The molecule has 1 aromatic carbocycles. The lowest BCUT2D eigenvalue weighted by Gasteiger charge is -2.20. The van der Waals surface area contributed by atoms with E-state index >= 15 is 0 Å². The van der Waals surface area contributed by atoms with Gasteiger partial charge in [0.1, 0.15) is 5.82 Å². The van der Waals surface area contributed by atoms with Gasteiger partial charge in [-0.3, -0.25) is 9.59 Å². The van der Waals surface area contributed by atoms with Crippen molar-refractivity contribution in [1.82, 2.24) is 25.3 Å². The molecule has 3 heterocycles. The van der Waals surface area contributed by atoms with E-state index in [1.54, 1.807) is 31.1 Å². The topological polar surface area (TPSA) is 101 Å². The van der Waals surface area contributed by atoms with Gasteiger partial charge < -0.3 is 14.7 Å². The standard InChI is InChI=1S/C21H21N5O3/c1-12-8-19(29-25-12)16-10-22-13(2)23-18(16)11-26(3)20(27)9-17-14-6-4-5-7-15(14)21(28)24-17/h4-8,10,17H,9,11H2,1-3H3,(H,24,28)/t17-/m1/s1. The van der Waals surface area contributed by atoms with Gasteiger partial charge in [-0.05, 0) is 25.5 Å². The minimum Gasteiger partial charge on any atom is -0.356 e. The zero-order chi connectivity index (χ0) is 20.5. The summed E-state index contributed by atoms with van der Waals surface area (Å²) < 4.78 is 5.35. The lowest BCUT2D eigenvalue weighted by atomic mass is 10.0. The largest absolute Gasteiger partial charge is 0.356 e. The van der Waals surface area contributed by atoms with Crippen molar-refractivity contribution in [3.63, 3.8) is 0 Å². The van der Waals surface area contributed by atoms with Gasteiger partial charge in [-0.15, -0.1) is 0 Å². The number of carbonyl (C=O) groups is 2. The average molecular weight is 391 g/mol. The lowest BCUT2D eigenvalue weighted by molar-refractivity contribution is -0.130. The fourth-order valence-electron chi connectivity index (χ4n) is 3.46. The van der Waals surface area contributed by atoms with Crippen molar-refractivity contribution in [3.8, 4) is 11.3 Å². The fraction of sp³-hybridized carbons (Fsp3) is 0.286. The molecule has 1 aliphatic heterocycles. The van der Waals surface area contributed by atoms with Gasteiger partial charge in [-0.1, -0.05) is 23.4 Å². The van der Waals surface area contributed by atoms with E-state index in [9.17, 15) is 9.59 Å². The Kier molecular flexibility index (Phi) is 4.84. The summed E-state index contributed by atoms with van der Waals surface area (Å²) in [6.07, 6.45) is 1.86. The maximum absolute atomic E-state index is 12.9. The minimum absolute atomic E-state index is 0.0945. The Morgan fingerprint density at radius 2 is 2.03 bits per heavy atom. The van der Waals surface area contributed by atoms with E-state index in [0.29, 0.717) is 35.0 Å². The second kappa shape index (κ2) is 7.46. The normalized spacial score (nSPS) is 15.1. The summed E-state index contributed by atoms with van der Waals surface area (Å²) in [5.74, 6) is 0.937. The zero-order valence-electron chi connectivity index (χ0n) is 16.5. The predicted octanol–water partition coefficient (Wildman–Crippen LogP) is 2.58. The van der Waals surface area contributed by atoms with Crippen molar-refractivity contribution in [2.24, 2.45) is 0 Å². The monoisotopic (exact) mass is 391 g/mol. The first kappa shape index (κ1) is 18.8. The van der Waals surface area contributed by atoms with E-state index in [4.69, 9.17) is 4.52 Å². The summed E-state index contributed by atoms with van der Waals surface area (Å²) in [7, 11) is 1.72. The Bertz CT molecular complexity index is 1090. The molecular weight excluding hydrogens is 370 g/mol. The zero-order valence-corrected chi connectivity index (χ0v) is 16.5. The van der Waals surface area contributed by atoms with Crippen molar-refractivity contribution < 1.29 is 14.1 Å². The Morgan fingerprint density at radius 3 is 2.79 bits per heavy atom. The van der Waals surface area contributed by atoms with Crippen LogP contribution >= 0.6 is 0 Å². The van der Waals surface area contributed by atoms with E-state index in [0.717, 1.165) is 11.3 Å². The highest BCUT2D eigenvalue weighted by atomic mass is 16.5. The van der Waals surface area contributed by atoms with Crippen molar-refractivity contribution in [2.45, 2.75) is 32.9 Å². The van der Waals surface area contributed by atoms with Crippen LogP contribution in [-0.2, 0) is 11.3 Å². The van der Waals surface area contributed by atoms with Crippen LogP contribution in [0.25, 0.3) is 11.3 Å². The highest BCUT2D eigenvalue weighted by Gasteiger charge is 2.30. The number of amides is 2. The Hall–Kier alpha value is -3.55. The molecule has 2 aromatic heterocycles. The van der Waals surface area contributed by atoms with E-state index in [2.05, 4.69) is 20.4 Å². The van der Waals surface area contributed by atoms with Gasteiger partial charge in [-0.25, -0.2) is 9.97 Å². The van der Waals surface area contributed by atoms with Gasteiger partial charge in [-0.2, -0.15) is 0 Å². The van der Waals surface area contributed by atoms with Gasteiger partial charge in [0.15, 0.2) is 5.76 Å². The number of fused-ring (bicyclic) bond motifs is 1. The Labute approximate surface area is 167 Å². The fourth-order valence-corrected chi connectivity index (χ4v) is 3.46. The van der Waals surface area contributed by atoms with Gasteiger partial charge >= 0.3 is 0 Å². The number of aryl methyl sites for hydroxylation is 2. The number of nitrogens with one attached hydrogen (secondary N) is 1. The molecule has 29 heavy (non-hydrogen) atoms. The van der Waals surface area contributed by atoms with Crippen LogP contribution in [0, 0.1) is 13.8 Å². The second-order valence-corrected chi connectivity index (χ2v) is 7.18. The maximum Gasteiger partial charge on any atom is 0.252 e. The molecule has 1 N–H and O–H groups in total. The van der Waals surface area contributed by atoms with Gasteiger partial charge in [0, 0.05) is 24.9 Å². The SMILES string of the molecule is Cc1cc(-c2cnc(C)nc2CN(C)C(=O)C[C@H]2NC(=O)c3ccccc32)on1. The number of carbonyl (C=O) groups excluding carboxylic acids is 2. The van der Waals surface area contributed by atoms with Gasteiger partial charge in [0.2, 0.25) is 5.91 Å². The minimum atomic E-state index is -0.322. The number of rotatable bonds is 5. The van der Waals surface area contributed by atoms with E-state index in [-0.39, 0.29) is 24.3 Å². The summed E-state index contributed by atoms with van der Waals surface area (Å²) in [5, 5.41) is 6.80. The van der Waals surface area contributed by atoms with E-state index in [1.807, 2.05) is 31.2 Å². The van der Waals surface area contributed by atoms with Crippen LogP contribution in [0.15, 0.2) is 41.1 Å². The summed E-state index contributed by atoms with van der Waals surface area (Å²) in [4.78, 5) is 35.3. The summed E-state index contributed by atoms with van der Waals surface area (Å²) >= 11 is 0. The van der Waals surface area contributed by atoms with Gasteiger partial charge in [0.05, 0.1) is 36.0 Å². The molecule has 0 spiro atoms.